The predicted octanol–water partition coefficient (Wildman–Crippen LogP) is 6.92. The fourth-order valence-electron chi connectivity index (χ4n) is 5.50. The summed E-state index contributed by atoms with van der Waals surface area (Å²) in [5.74, 6) is -0.536. The third-order valence-electron chi connectivity index (χ3n) is 7.87. The van der Waals surface area contributed by atoms with Gasteiger partial charge in [-0.15, -0.1) is 0 Å². The highest BCUT2D eigenvalue weighted by atomic mass is 32.2. The standard InChI is InChI=1S/C34H36FN3O3S/c1-23-10-18-31(19-11-23)42(40,41)37-33-9-5-7-27-14-17-30(21-32(27)33)38(22-29-8-4-6-25(3)36-29)34(39)20-24(2)26-12-15-28(35)16-13-26/h4,6,8,10-19,21,24,33,37H,5,7,9,20,22H2,1-3H3/t24-,33+/m0/s1. The maximum atomic E-state index is 13.9. The van der Waals surface area contributed by atoms with E-state index in [2.05, 4.69) is 9.71 Å². The molecule has 8 heteroatoms. The molecule has 0 radical (unpaired) electrons. The molecule has 0 fully saturated rings. The molecule has 1 aliphatic carbocycles. The summed E-state index contributed by atoms with van der Waals surface area (Å²) in [5.41, 5.74) is 6.13. The molecule has 1 N–H and O–H groups in total. The van der Waals surface area contributed by atoms with Gasteiger partial charge < -0.3 is 4.90 Å². The van der Waals surface area contributed by atoms with Crippen molar-refractivity contribution in [3.05, 3.63) is 124 Å². The number of carbonyl (C=O) groups excluding carboxylic acids is 1. The van der Waals surface area contributed by atoms with Crippen LogP contribution in [0.5, 0.6) is 0 Å². The van der Waals surface area contributed by atoms with E-state index in [0.717, 1.165) is 46.5 Å². The summed E-state index contributed by atoms with van der Waals surface area (Å²) in [6, 6.07) is 24.3. The van der Waals surface area contributed by atoms with Crippen molar-refractivity contribution >= 4 is 21.6 Å². The zero-order valence-corrected chi connectivity index (χ0v) is 25.0. The molecule has 1 heterocycles. The summed E-state index contributed by atoms with van der Waals surface area (Å²) in [4.78, 5) is 20.5. The molecular weight excluding hydrogens is 549 g/mol. The van der Waals surface area contributed by atoms with E-state index in [4.69, 9.17) is 0 Å². The summed E-state index contributed by atoms with van der Waals surface area (Å²) < 4.78 is 43.0. The topological polar surface area (TPSA) is 79.4 Å². The van der Waals surface area contributed by atoms with Gasteiger partial charge in [0.2, 0.25) is 15.9 Å². The first kappa shape index (κ1) is 29.6. The molecule has 42 heavy (non-hydrogen) atoms. The number of benzene rings is 3. The van der Waals surface area contributed by atoms with E-state index < -0.39 is 16.1 Å². The molecule has 1 amide bonds. The Morgan fingerprint density at radius 1 is 1.02 bits per heavy atom. The fraction of sp³-hybridized carbons (Fsp3) is 0.294. The van der Waals surface area contributed by atoms with E-state index in [1.807, 2.05) is 57.2 Å². The van der Waals surface area contributed by atoms with Gasteiger partial charge in [0.25, 0.3) is 0 Å². The number of rotatable bonds is 9. The maximum absolute atomic E-state index is 13.9. The van der Waals surface area contributed by atoms with Gasteiger partial charge in [-0.1, -0.05) is 48.9 Å². The molecule has 5 rings (SSSR count). The second-order valence-corrected chi connectivity index (χ2v) is 12.9. The molecule has 4 aromatic rings. The Balaban J connectivity index is 1.46. The summed E-state index contributed by atoms with van der Waals surface area (Å²) in [5, 5.41) is 0. The number of nitrogens with one attached hydrogen (secondary N) is 1. The number of pyridine rings is 1. The molecule has 0 unspecified atom stereocenters. The molecule has 1 aliphatic rings. The van der Waals surface area contributed by atoms with Crippen LogP contribution in [0.1, 0.15) is 71.8 Å². The molecule has 1 aromatic heterocycles. The maximum Gasteiger partial charge on any atom is 0.241 e. The van der Waals surface area contributed by atoms with E-state index in [-0.39, 0.29) is 35.5 Å². The lowest BCUT2D eigenvalue weighted by Crippen LogP contribution is -2.33. The highest BCUT2D eigenvalue weighted by Crippen LogP contribution is 2.35. The van der Waals surface area contributed by atoms with E-state index in [0.29, 0.717) is 12.1 Å². The number of nitrogens with zero attached hydrogens (tertiary/aromatic N) is 2. The van der Waals surface area contributed by atoms with Crippen LogP contribution < -0.4 is 9.62 Å². The zero-order valence-electron chi connectivity index (χ0n) is 24.2. The molecule has 0 spiro atoms. The van der Waals surface area contributed by atoms with Crippen LogP contribution in [-0.4, -0.2) is 19.3 Å². The van der Waals surface area contributed by atoms with Crippen molar-refractivity contribution in [2.45, 2.75) is 69.9 Å². The van der Waals surface area contributed by atoms with Crippen LogP contribution in [0.3, 0.4) is 0 Å². The van der Waals surface area contributed by atoms with Crippen molar-refractivity contribution in [2.24, 2.45) is 0 Å². The van der Waals surface area contributed by atoms with Crippen molar-refractivity contribution in [1.82, 2.24) is 9.71 Å². The number of fused-ring (bicyclic) bond motifs is 1. The first-order chi connectivity index (χ1) is 20.1. The lowest BCUT2D eigenvalue weighted by atomic mass is 9.87. The first-order valence-electron chi connectivity index (χ1n) is 14.3. The minimum atomic E-state index is -3.74. The number of aryl methyl sites for hydroxylation is 3. The van der Waals surface area contributed by atoms with Crippen LogP contribution in [0, 0.1) is 19.7 Å². The average Bonchev–Trinajstić information content (AvgIpc) is 2.96. The number of halogens is 1. The van der Waals surface area contributed by atoms with E-state index in [9.17, 15) is 17.6 Å². The molecule has 0 bridgehead atoms. The summed E-state index contributed by atoms with van der Waals surface area (Å²) in [6.07, 6.45) is 2.58. The Kier molecular flexibility index (Phi) is 8.85. The van der Waals surface area contributed by atoms with Crippen molar-refractivity contribution < 1.29 is 17.6 Å². The lowest BCUT2D eigenvalue weighted by molar-refractivity contribution is -0.119. The Bertz CT molecular complexity index is 1670. The normalized spacial score (nSPS) is 15.6. The van der Waals surface area contributed by atoms with Crippen molar-refractivity contribution in [3.63, 3.8) is 0 Å². The van der Waals surface area contributed by atoms with Crippen molar-refractivity contribution in [3.8, 4) is 0 Å². The van der Waals surface area contributed by atoms with Crippen LogP contribution >= 0.6 is 0 Å². The van der Waals surface area contributed by atoms with Gasteiger partial charge in [0, 0.05) is 23.8 Å². The second kappa shape index (κ2) is 12.5. The molecule has 6 nitrogen and oxygen atoms in total. The Morgan fingerprint density at radius 3 is 2.48 bits per heavy atom. The number of anilines is 1. The van der Waals surface area contributed by atoms with Crippen LogP contribution in [0.15, 0.2) is 89.8 Å². The van der Waals surface area contributed by atoms with Gasteiger partial charge in [0.05, 0.1) is 17.1 Å². The van der Waals surface area contributed by atoms with Gasteiger partial charge in [-0.2, -0.15) is 0 Å². The fourth-order valence-corrected chi connectivity index (χ4v) is 6.75. The van der Waals surface area contributed by atoms with Crippen molar-refractivity contribution in [1.29, 1.82) is 0 Å². The molecule has 2 atom stereocenters. The number of hydrogen-bond donors (Lipinski definition) is 1. The van der Waals surface area contributed by atoms with Gasteiger partial charge in [-0.05, 0) is 104 Å². The number of amides is 1. The summed E-state index contributed by atoms with van der Waals surface area (Å²) in [6.45, 7) is 6.06. The van der Waals surface area contributed by atoms with Crippen LogP contribution in [0.4, 0.5) is 10.1 Å². The number of carbonyl (C=O) groups is 1. The zero-order chi connectivity index (χ0) is 29.9. The Morgan fingerprint density at radius 2 is 1.76 bits per heavy atom. The minimum absolute atomic E-state index is 0.0947. The average molecular weight is 586 g/mol. The second-order valence-electron chi connectivity index (χ2n) is 11.2. The smallest absolute Gasteiger partial charge is 0.241 e. The third-order valence-corrected chi connectivity index (χ3v) is 9.36. The molecule has 0 aliphatic heterocycles. The molecule has 0 saturated carbocycles. The third kappa shape index (κ3) is 6.94. The van der Waals surface area contributed by atoms with Gasteiger partial charge in [0.1, 0.15) is 5.82 Å². The van der Waals surface area contributed by atoms with Crippen molar-refractivity contribution in [2.75, 3.05) is 4.90 Å². The predicted molar refractivity (Wildman–Crippen MR) is 163 cm³/mol. The highest BCUT2D eigenvalue weighted by Gasteiger charge is 2.28. The monoisotopic (exact) mass is 585 g/mol. The first-order valence-corrected chi connectivity index (χ1v) is 15.8. The molecule has 3 aromatic carbocycles. The SMILES string of the molecule is Cc1ccc(S(=O)(=O)N[C@@H]2CCCc3ccc(N(Cc4cccc(C)n4)C(=O)C[C@H](C)c4ccc(F)cc4)cc32)cc1. The Hall–Kier alpha value is -3.88. The van der Waals surface area contributed by atoms with E-state index in [1.54, 1.807) is 41.3 Å². The van der Waals surface area contributed by atoms with Gasteiger partial charge in [-0.25, -0.2) is 17.5 Å². The number of aromatic nitrogens is 1. The van der Waals surface area contributed by atoms with Gasteiger partial charge in [0.15, 0.2) is 0 Å². The Labute approximate surface area is 247 Å². The number of sulfonamides is 1. The summed E-state index contributed by atoms with van der Waals surface area (Å²) >= 11 is 0. The molecular formula is C34H36FN3O3S. The lowest BCUT2D eigenvalue weighted by Gasteiger charge is -2.30. The molecule has 0 saturated heterocycles. The number of hydrogen-bond acceptors (Lipinski definition) is 4. The quantitative estimate of drug-likeness (QED) is 0.231. The van der Waals surface area contributed by atoms with Crippen LogP contribution in [0.2, 0.25) is 0 Å². The largest absolute Gasteiger partial charge is 0.306 e. The summed E-state index contributed by atoms with van der Waals surface area (Å²) in [7, 11) is -3.74. The molecule has 218 valence electrons. The van der Waals surface area contributed by atoms with E-state index >= 15 is 0 Å². The van der Waals surface area contributed by atoms with Crippen LogP contribution in [-0.2, 0) is 27.8 Å². The minimum Gasteiger partial charge on any atom is -0.306 e. The van der Waals surface area contributed by atoms with Crippen LogP contribution in [0.25, 0.3) is 0 Å². The van der Waals surface area contributed by atoms with Gasteiger partial charge >= 0.3 is 0 Å². The van der Waals surface area contributed by atoms with E-state index in [1.165, 1.54) is 12.1 Å². The van der Waals surface area contributed by atoms with Gasteiger partial charge in [-0.3, -0.25) is 9.78 Å². The highest BCUT2D eigenvalue weighted by molar-refractivity contribution is 7.89.